The van der Waals surface area contributed by atoms with Crippen molar-refractivity contribution in [2.75, 3.05) is 7.11 Å². The average molecular weight is 260 g/mol. The summed E-state index contributed by atoms with van der Waals surface area (Å²) in [5.41, 5.74) is 0.985. The van der Waals surface area contributed by atoms with Crippen molar-refractivity contribution in [3.05, 3.63) is 59.7 Å². The molecule has 0 saturated carbocycles. The molecule has 1 N–H and O–H groups in total. The number of hydrogen-bond donors (Lipinski definition) is 1. The Morgan fingerprint density at radius 2 is 2.00 bits per heavy atom. The van der Waals surface area contributed by atoms with Crippen LogP contribution in [0, 0.1) is 5.95 Å². The van der Waals surface area contributed by atoms with E-state index in [1.165, 1.54) is 18.2 Å². The molecule has 0 aliphatic rings. The van der Waals surface area contributed by atoms with E-state index in [-0.39, 0.29) is 5.69 Å². The van der Waals surface area contributed by atoms with Crippen molar-refractivity contribution in [2.24, 2.45) is 0 Å². The Morgan fingerprint density at radius 1 is 1.26 bits per heavy atom. The quantitative estimate of drug-likeness (QED) is 0.857. The summed E-state index contributed by atoms with van der Waals surface area (Å²) in [5, 5.41) is 2.67. The highest BCUT2D eigenvalue weighted by Crippen LogP contribution is 2.11. The van der Waals surface area contributed by atoms with Crippen molar-refractivity contribution >= 4 is 5.91 Å². The largest absolute Gasteiger partial charge is 0.497 e. The highest BCUT2D eigenvalue weighted by atomic mass is 19.1. The zero-order valence-corrected chi connectivity index (χ0v) is 10.4. The number of ether oxygens (including phenoxy) is 1. The molecule has 1 aromatic heterocycles. The number of halogens is 1. The SMILES string of the molecule is COc1ccc(CNC(=O)c2cccc(F)n2)cc1. The Kier molecular flexibility index (Phi) is 4.07. The first kappa shape index (κ1) is 13.0. The molecular weight excluding hydrogens is 247 g/mol. The Bertz CT molecular complexity index is 570. The number of nitrogens with zero attached hydrogens (tertiary/aromatic N) is 1. The van der Waals surface area contributed by atoms with Crippen LogP contribution in [-0.2, 0) is 6.54 Å². The Balaban J connectivity index is 1.96. The number of nitrogens with one attached hydrogen (secondary N) is 1. The lowest BCUT2D eigenvalue weighted by Crippen LogP contribution is -2.23. The van der Waals surface area contributed by atoms with Gasteiger partial charge in [-0.25, -0.2) is 4.98 Å². The lowest BCUT2D eigenvalue weighted by molar-refractivity contribution is 0.0944. The number of rotatable bonds is 4. The van der Waals surface area contributed by atoms with Gasteiger partial charge >= 0.3 is 0 Å². The molecule has 0 fully saturated rings. The number of pyridine rings is 1. The molecule has 0 unspecified atom stereocenters. The van der Waals surface area contributed by atoms with Gasteiger partial charge in [-0.1, -0.05) is 18.2 Å². The molecule has 0 radical (unpaired) electrons. The molecule has 0 atom stereocenters. The molecule has 0 saturated heterocycles. The second kappa shape index (κ2) is 5.95. The van der Waals surface area contributed by atoms with Crippen LogP contribution in [0.1, 0.15) is 16.1 Å². The predicted molar refractivity (Wildman–Crippen MR) is 68.4 cm³/mol. The Hall–Kier alpha value is -2.43. The molecule has 0 bridgehead atoms. The van der Waals surface area contributed by atoms with Crippen LogP contribution in [0.5, 0.6) is 5.75 Å². The number of amides is 1. The Morgan fingerprint density at radius 3 is 2.63 bits per heavy atom. The average Bonchev–Trinajstić information content (AvgIpc) is 2.45. The van der Waals surface area contributed by atoms with Gasteiger partial charge in [0.15, 0.2) is 0 Å². The first-order valence-corrected chi connectivity index (χ1v) is 5.73. The van der Waals surface area contributed by atoms with Crippen molar-refractivity contribution in [1.29, 1.82) is 0 Å². The summed E-state index contributed by atoms with van der Waals surface area (Å²) in [7, 11) is 1.59. The van der Waals surface area contributed by atoms with Crippen LogP contribution in [0.25, 0.3) is 0 Å². The van der Waals surface area contributed by atoms with Crippen molar-refractivity contribution in [3.63, 3.8) is 0 Å². The molecule has 19 heavy (non-hydrogen) atoms. The molecule has 2 aromatic rings. The molecule has 1 aromatic carbocycles. The first-order valence-electron chi connectivity index (χ1n) is 5.73. The van der Waals surface area contributed by atoms with Crippen LogP contribution in [-0.4, -0.2) is 18.0 Å². The fourth-order valence-electron chi connectivity index (χ4n) is 1.55. The summed E-state index contributed by atoms with van der Waals surface area (Å²) < 4.78 is 17.9. The lowest BCUT2D eigenvalue weighted by atomic mass is 10.2. The van der Waals surface area contributed by atoms with Gasteiger partial charge in [-0.05, 0) is 29.8 Å². The third-order valence-corrected chi connectivity index (χ3v) is 2.56. The van der Waals surface area contributed by atoms with Crippen LogP contribution in [0.4, 0.5) is 4.39 Å². The van der Waals surface area contributed by atoms with Gasteiger partial charge in [-0.15, -0.1) is 0 Å². The van der Waals surface area contributed by atoms with E-state index < -0.39 is 11.9 Å². The second-order valence-electron chi connectivity index (χ2n) is 3.88. The maximum absolute atomic E-state index is 12.9. The summed E-state index contributed by atoms with van der Waals surface area (Å²) in [6.45, 7) is 0.348. The maximum atomic E-state index is 12.9. The number of carbonyl (C=O) groups excluding carboxylic acids is 1. The number of benzene rings is 1. The summed E-state index contributed by atoms with van der Waals surface area (Å²) in [5.74, 6) is -0.325. The van der Waals surface area contributed by atoms with Gasteiger partial charge in [0, 0.05) is 6.54 Å². The minimum atomic E-state index is -0.669. The van der Waals surface area contributed by atoms with Crippen LogP contribution in [0.3, 0.4) is 0 Å². The third kappa shape index (κ3) is 3.51. The maximum Gasteiger partial charge on any atom is 0.270 e. The zero-order chi connectivity index (χ0) is 13.7. The van der Waals surface area contributed by atoms with E-state index in [0.29, 0.717) is 6.54 Å². The minimum Gasteiger partial charge on any atom is -0.497 e. The van der Waals surface area contributed by atoms with E-state index in [1.807, 2.05) is 24.3 Å². The van der Waals surface area contributed by atoms with Crippen molar-refractivity contribution < 1.29 is 13.9 Å². The van der Waals surface area contributed by atoms with E-state index in [4.69, 9.17) is 4.74 Å². The van der Waals surface area contributed by atoms with E-state index >= 15 is 0 Å². The topological polar surface area (TPSA) is 51.2 Å². The van der Waals surface area contributed by atoms with Gasteiger partial charge in [0.25, 0.3) is 5.91 Å². The van der Waals surface area contributed by atoms with Gasteiger partial charge < -0.3 is 10.1 Å². The minimum absolute atomic E-state index is 0.0634. The zero-order valence-electron chi connectivity index (χ0n) is 10.4. The molecule has 1 heterocycles. The van der Waals surface area contributed by atoms with E-state index in [0.717, 1.165) is 11.3 Å². The molecule has 0 aliphatic heterocycles. The fraction of sp³-hybridized carbons (Fsp3) is 0.143. The number of hydrogen-bond acceptors (Lipinski definition) is 3. The second-order valence-corrected chi connectivity index (χ2v) is 3.88. The van der Waals surface area contributed by atoms with Gasteiger partial charge in [0.05, 0.1) is 7.11 Å². The summed E-state index contributed by atoms with van der Waals surface area (Å²) in [6.07, 6.45) is 0. The molecule has 5 heteroatoms. The summed E-state index contributed by atoms with van der Waals surface area (Å²) in [4.78, 5) is 15.2. The van der Waals surface area contributed by atoms with Gasteiger partial charge in [0.2, 0.25) is 5.95 Å². The summed E-state index contributed by atoms with van der Waals surface area (Å²) >= 11 is 0. The van der Waals surface area contributed by atoms with Crippen LogP contribution in [0.15, 0.2) is 42.5 Å². The van der Waals surface area contributed by atoms with Gasteiger partial charge in [0.1, 0.15) is 11.4 Å². The highest BCUT2D eigenvalue weighted by Gasteiger charge is 2.07. The molecule has 98 valence electrons. The van der Waals surface area contributed by atoms with Crippen molar-refractivity contribution in [3.8, 4) is 5.75 Å². The standard InChI is InChI=1S/C14H13FN2O2/c1-19-11-7-5-10(6-8-11)9-16-14(18)12-3-2-4-13(15)17-12/h2-8H,9H2,1H3,(H,16,18). The van der Waals surface area contributed by atoms with Crippen LogP contribution < -0.4 is 10.1 Å². The fourth-order valence-corrected chi connectivity index (χ4v) is 1.55. The number of methoxy groups -OCH3 is 1. The van der Waals surface area contributed by atoms with Crippen molar-refractivity contribution in [1.82, 2.24) is 10.3 Å². The lowest BCUT2D eigenvalue weighted by Gasteiger charge is -2.06. The van der Waals surface area contributed by atoms with E-state index in [1.54, 1.807) is 7.11 Å². The summed E-state index contributed by atoms with van der Waals surface area (Å²) in [6, 6.07) is 11.4. The highest BCUT2D eigenvalue weighted by molar-refractivity contribution is 5.92. The van der Waals surface area contributed by atoms with Gasteiger partial charge in [-0.3, -0.25) is 4.79 Å². The van der Waals surface area contributed by atoms with E-state index in [2.05, 4.69) is 10.3 Å². The third-order valence-electron chi connectivity index (χ3n) is 2.56. The molecule has 4 nitrogen and oxygen atoms in total. The first-order chi connectivity index (χ1) is 9.19. The van der Waals surface area contributed by atoms with Crippen molar-refractivity contribution in [2.45, 2.75) is 6.54 Å². The van der Waals surface area contributed by atoms with Crippen LogP contribution in [0.2, 0.25) is 0 Å². The number of carbonyl (C=O) groups is 1. The molecule has 1 amide bonds. The molecule has 0 spiro atoms. The molecular formula is C14H13FN2O2. The smallest absolute Gasteiger partial charge is 0.270 e. The molecule has 0 aliphatic carbocycles. The van der Waals surface area contributed by atoms with Gasteiger partial charge in [-0.2, -0.15) is 4.39 Å². The van der Waals surface area contributed by atoms with E-state index in [9.17, 15) is 9.18 Å². The predicted octanol–water partition coefficient (Wildman–Crippen LogP) is 2.16. The number of aromatic nitrogens is 1. The normalized spacial score (nSPS) is 10.0. The monoisotopic (exact) mass is 260 g/mol. The molecule has 2 rings (SSSR count). The van der Waals surface area contributed by atoms with Crippen LogP contribution >= 0.6 is 0 Å². The Labute approximate surface area is 110 Å².